The van der Waals surface area contributed by atoms with Crippen molar-refractivity contribution in [2.24, 2.45) is 0 Å². The summed E-state index contributed by atoms with van der Waals surface area (Å²) in [7, 11) is 2.95. The molecule has 172 valence electrons. The van der Waals surface area contributed by atoms with E-state index in [4.69, 9.17) is 9.47 Å². The van der Waals surface area contributed by atoms with E-state index in [0.717, 1.165) is 17.2 Å². The Morgan fingerprint density at radius 2 is 1.88 bits per heavy atom. The van der Waals surface area contributed by atoms with Gasteiger partial charge in [-0.05, 0) is 36.8 Å². The van der Waals surface area contributed by atoms with Crippen LogP contribution < -0.4 is 4.74 Å². The number of hydrogen-bond acceptors (Lipinski definition) is 9. The van der Waals surface area contributed by atoms with Crippen LogP contribution in [-0.2, 0) is 21.7 Å². The Bertz CT molecular complexity index is 1490. The van der Waals surface area contributed by atoms with Gasteiger partial charge in [-0.2, -0.15) is 14.6 Å². The molecule has 0 unspecified atom stereocenters. The smallest absolute Gasteiger partial charge is 0.311 e. The number of ether oxygens (including phenoxy) is 2. The Hall–Kier alpha value is -3.99. The van der Waals surface area contributed by atoms with Gasteiger partial charge in [-0.15, -0.1) is 15.3 Å². The van der Waals surface area contributed by atoms with Gasteiger partial charge in [0.25, 0.3) is 5.78 Å². The van der Waals surface area contributed by atoms with E-state index in [0.29, 0.717) is 27.8 Å². The van der Waals surface area contributed by atoms with Crippen LogP contribution in [0.25, 0.3) is 22.6 Å². The zero-order valence-electron chi connectivity index (χ0n) is 18.8. The number of esters is 1. The molecule has 5 aromatic rings. The van der Waals surface area contributed by atoms with Crippen LogP contribution >= 0.6 is 11.8 Å². The molecule has 2 aromatic carbocycles. The number of hydrogen-bond donors (Lipinski definition) is 0. The van der Waals surface area contributed by atoms with Gasteiger partial charge in [-0.1, -0.05) is 41.6 Å². The van der Waals surface area contributed by atoms with Crippen molar-refractivity contribution in [1.82, 2.24) is 34.6 Å². The lowest BCUT2D eigenvalue weighted by Gasteiger charge is -2.05. The molecular weight excluding hydrogens is 454 g/mol. The molecule has 0 bridgehead atoms. The Labute approximate surface area is 198 Å². The van der Waals surface area contributed by atoms with Crippen LogP contribution in [0.3, 0.4) is 0 Å². The fourth-order valence-corrected chi connectivity index (χ4v) is 4.33. The highest BCUT2D eigenvalue weighted by atomic mass is 32.2. The summed E-state index contributed by atoms with van der Waals surface area (Å²) in [6.07, 6.45) is -0.0417. The Kier molecular flexibility index (Phi) is 5.84. The highest BCUT2D eigenvalue weighted by Gasteiger charge is 2.22. The quantitative estimate of drug-likeness (QED) is 0.259. The van der Waals surface area contributed by atoms with E-state index in [-0.39, 0.29) is 6.42 Å². The molecule has 0 fully saturated rings. The third kappa shape index (κ3) is 4.17. The summed E-state index contributed by atoms with van der Waals surface area (Å²) in [5.74, 6) is 1.37. The minimum Gasteiger partial charge on any atom is -0.497 e. The van der Waals surface area contributed by atoms with E-state index in [1.807, 2.05) is 30.3 Å². The van der Waals surface area contributed by atoms with Crippen molar-refractivity contribution < 1.29 is 14.3 Å². The molecule has 0 atom stereocenters. The number of carbonyl (C=O) groups is 1. The van der Waals surface area contributed by atoms with Gasteiger partial charge in [0.1, 0.15) is 11.4 Å². The van der Waals surface area contributed by atoms with Crippen molar-refractivity contribution in [3.63, 3.8) is 0 Å². The van der Waals surface area contributed by atoms with E-state index in [1.54, 1.807) is 16.3 Å². The molecule has 0 radical (unpaired) electrons. The normalized spacial score (nSPS) is 11.3. The average molecular weight is 476 g/mol. The third-order valence-corrected chi connectivity index (χ3v) is 6.13. The highest BCUT2D eigenvalue weighted by Crippen LogP contribution is 2.25. The standard InChI is InChI=1S/C23H21N7O3S/c1-14-5-4-6-15(11-14)13-34-23-24-22-26-25-20-18(12-19(31)33-3)27-29(21(20)30(22)28-23)16-7-9-17(32-2)10-8-16/h4-11H,12-13H2,1-3H3. The first kappa shape index (κ1) is 21.8. The first-order valence-electron chi connectivity index (χ1n) is 10.5. The van der Waals surface area contributed by atoms with Crippen molar-refractivity contribution in [2.45, 2.75) is 24.3 Å². The minimum absolute atomic E-state index is 0.0417. The van der Waals surface area contributed by atoms with Crippen molar-refractivity contribution in [1.29, 1.82) is 0 Å². The van der Waals surface area contributed by atoms with Crippen molar-refractivity contribution in [2.75, 3.05) is 14.2 Å². The van der Waals surface area contributed by atoms with Crippen LogP contribution in [0.5, 0.6) is 5.75 Å². The van der Waals surface area contributed by atoms with Crippen LogP contribution in [0.1, 0.15) is 16.8 Å². The Balaban J connectivity index is 1.60. The number of aryl methyl sites for hydroxylation is 1. The molecule has 0 aliphatic rings. The molecule has 3 aromatic heterocycles. The summed E-state index contributed by atoms with van der Waals surface area (Å²) in [5.41, 5.74) is 4.59. The number of aromatic nitrogens is 7. The molecule has 0 saturated heterocycles. The summed E-state index contributed by atoms with van der Waals surface area (Å²) < 4.78 is 13.4. The van der Waals surface area contributed by atoms with Crippen LogP contribution in [-0.4, -0.2) is 54.8 Å². The van der Waals surface area contributed by atoms with Gasteiger partial charge in [0.15, 0.2) is 11.2 Å². The zero-order valence-corrected chi connectivity index (χ0v) is 19.6. The number of benzene rings is 2. The lowest BCUT2D eigenvalue weighted by molar-refractivity contribution is -0.139. The second-order valence-electron chi connectivity index (χ2n) is 7.57. The molecule has 0 aliphatic carbocycles. The van der Waals surface area contributed by atoms with E-state index in [1.165, 1.54) is 30.0 Å². The van der Waals surface area contributed by atoms with Crippen molar-refractivity contribution in [3.05, 3.63) is 65.4 Å². The molecule has 0 saturated carbocycles. The number of thioether (sulfide) groups is 1. The second kappa shape index (κ2) is 9.10. The predicted molar refractivity (Wildman–Crippen MR) is 126 cm³/mol. The molecule has 0 amide bonds. The average Bonchev–Trinajstić information content (AvgIpc) is 3.44. The van der Waals surface area contributed by atoms with Crippen LogP contribution in [0.4, 0.5) is 0 Å². The zero-order chi connectivity index (χ0) is 23.7. The molecule has 0 N–H and O–H groups in total. The predicted octanol–water partition coefficient (Wildman–Crippen LogP) is 3.18. The molecular formula is C23H21N7O3S. The molecule has 0 spiro atoms. The lowest BCUT2D eigenvalue weighted by Crippen LogP contribution is -2.06. The Morgan fingerprint density at radius 1 is 1.06 bits per heavy atom. The second-order valence-corrected chi connectivity index (χ2v) is 8.51. The molecule has 10 nitrogen and oxygen atoms in total. The van der Waals surface area contributed by atoms with Crippen LogP contribution in [0, 0.1) is 6.92 Å². The lowest BCUT2D eigenvalue weighted by atomic mass is 10.2. The fourth-order valence-electron chi connectivity index (χ4n) is 3.57. The van der Waals surface area contributed by atoms with Gasteiger partial charge in [0, 0.05) is 5.75 Å². The number of rotatable bonds is 7. The highest BCUT2D eigenvalue weighted by molar-refractivity contribution is 7.98. The Morgan fingerprint density at radius 3 is 2.62 bits per heavy atom. The molecule has 0 aliphatic heterocycles. The van der Waals surface area contributed by atoms with Crippen molar-refractivity contribution in [3.8, 4) is 11.4 Å². The van der Waals surface area contributed by atoms with Crippen LogP contribution in [0.2, 0.25) is 0 Å². The summed E-state index contributed by atoms with van der Waals surface area (Å²) in [6, 6.07) is 15.7. The molecule has 11 heteroatoms. The van der Waals surface area contributed by atoms with Gasteiger partial charge < -0.3 is 9.47 Å². The SMILES string of the molecule is COC(=O)Cc1nn(-c2ccc(OC)cc2)c2c1nnc1nc(SCc3cccc(C)c3)nn12. The van der Waals surface area contributed by atoms with Gasteiger partial charge in [0.2, 0.25) is 5.16 Å². The molecule has 3 heterocycles. The monoisotopic (exact) mass is 475 g/mol. The summed E-state index contributed by atoms with van der Waals surface area (Å²) in [4.78, 5) is 16.5. The van der Waals surface area contributed by atoms with E-state index in [9.17, 15) is 4.79 Å². The molecule has 34 heavy (non-hydrogen) atoms. The number of fused-ring (bicyclic) bond motifs is 3. The number of nitrogens with zero attached hydrogens (tertiary/aromatic N) is 7. The maximum absolute atomic E-state index is 12.0. The topological polar surface area (TPSA) is 109 Å². The maximum Gasteiger partial charge on any atom is 0.311 e. The third-order valence-electron chi connectivity index (χ3n) is 5.22. The van der Waals surface area contributed by atoms with Gasteiger partial charge in [0.05, 0.1) is 26.3 Å². The maximum atomic E-state index is 12.0. The van der Waals surface area contributed by atoms with Crippen molar-refractivity contribution >= 4 is 34.7 Å². The van der Waals surface area contributed by atoms with Crippen LogP contribution in [0.15, 0.2) is 53.7 Å². The van der Waals surface area contributed by atoms with Gasteiger partial charge in [-0.3, -0.25) is 4.79 Å². The van der Waals surface area contributed by atoms with Gasteiger partial charge in [-0.25, -0.2) is 4.68 Å². The summed E-state index contributed by atoms with van der Waals surface area (Å²) >= 11 is 1.51. The largest absolute Gasteiger partial charge is 0.497 e. The van der Waals surface area contributed by atoms with E-state index >= 15 is 0 Å². The molecule has 5 rings (SSSR count). The van der Waals surface area contributed by atoms with E-state index in [2.05, 4.69) is 50.5 Å². The summed E-state index contributed by atoms with van der Waals surface area (Å²) in [6.45, 7) is 2.07. The minimum atomic E-state index is -0.420. The fraction of sp³-hybridized carbons (Fsp3) is 0.217. The summed E-state index contributed by atoms with van der Waals surface area (Å²) in [5, 5.41) is 18.4. The first-order valence-corrected chi connectivity index (χ1v) is 11.4. The number of methoxy groups -OCH3 is 2. The van der Waals surface area contributed by atoms with Gasteiger partial charge >= 0.3 is 5.97 Å². The number of carbonyl (C=O) groups excluding carboxylic acids is 1. The van der Waals surface area contributed by atoms with E-state index < -0.39 is 5.97 Å². The first-order chi connectivity index (χ1) is 16.6.